The molecule has 3 fully saturated rings. The number of likely N-dealkylation sites (tertiary alicyclic amines) is 2. The van der Waals surface area contributed by atoms with Gasteiger partial charge in [-0.2, -0.15) is 0 Å². The number of nitrogens with zero attached hydrogens (tertiary/aromatic N) is 4. The van der Waals surface area contributed by atoms with Gasteiger partial charge in [0.25, 0.3) is 5.91 Å². The zero-order valence-corrected chi connectivity index (χ0v) is 16.4. The summed E-state index contributed by atoms with van der Waals surface area (Å²) in [7, 11) is 0. The second kappa shape index (κ2) is 8.47. The summed E-state index contributed by atoms with van der Waals surface area (Å²) >= 11 is 0. The lowest BCUT2D eigenvalue weighted by molar-refractivity contribution is -0.128. The molecule has 1 unspecified atom stereocenters. The van der Waals surface area contributed by atoms with E-state index in [9.17, 15) is 14.7 Å². The third kappa shape index (κ3) is 4.14. The first kappa shape index (κ1) is 19.2. The second-order valence-electron chi connectivity index (χ2n) is 8.37. The van der Waals surface area contributed by atoms with Crippen molar-refractivity contribution in [2.24, 2.45) is 11.8 Å². The zero-order chi connectivity index (χ0) is 19.5. The minimum absolute atomic E-state index is 0.0457. The van der Waals surface area contributed by atoms with Crippen molar-refractivity contribution in [3.8, 4) is 0 Å². The minimum Gasteiger partial charge on any atom is -0.396 e. The second-order valence-corrected chi connectivity index (χ2v) is 8.37. The molecular weight excluding hydrogens is 356 g/mol. The Labute approximate surface area is 166 Å². The molecule has 0 aliphatic carbocycles. The molecule has 0 radical (unpaired) electrons. The van der Waals surface area contributed by atoms with E-state index in [0.29, 0.717) is 23.8 Å². The highest BCUT2D eigenvalue weighted by Gasteiger charge is 2.28. The highest BCUT2D eigenvalue weighted by atomic mass is 16.3. The van der Waals surface area contributed by atoms with Crippen LogP contribution in [0.3, 0.4) is 0 Å². The van der Waals surface area contributed by atoms with E-state index in [1.54, 1.807) is 6.20 Å². The van der Waals surface area contributed by atoms with E-state index in [2.05, 4.69) is 9.88 Å². The molecule has 1 atom stereocenters. The summed E-state index contributed by atoms with van der Waals surface area (Å²) in [5.41, 5.74) is 0.634. The Hall–Kier alpha value is -2.15. The average Bonchev–Trinajstić information content (AvgIpc) is 3.37. The first-order chi connectivity index (χ1) is 13.6. The third-order valence-corrected chi connectivity index (χ3v) is 6.41. The molecule has 1 aromatic rings. The number of aliphatic hydroxyl groups excluding tert-OH is 1. The SMILES string of the molecule is O=C1CCCN1CC1CCN(C(=O)c2ccc(N3CCC(CO)C3)nc2)CC1. The Balaban J connectivity index is 1.28. The zero-order valence-electron chi connectivity index (χ0n) is 16.4. The largest absolute Gasteiger partial charge is 0.396 e. The van der Waals surface area contributed by atoms with Gasteiger partial charge in [0.2, 0.25) is 5.91 Å². The Morgan fingerprint density at radius 2 is 1.89 bits per heavy atom. The number of aliphatic hydroxyl groups is 1. The lowest BCUT2D eigenvalue weighted by atomic mass is 9.96. The fourth-order valence-corrected chi connectivity index (χ4v) is 4.60. The van der Waals surface area contributed by atoms with Crippen LogP contribution in [-0.2, 0) is 4.79 Å². The lowest BCUT2D eigenvalue weighted by Crippen LogP contribution is -2.41. The quantitative estimate of drug-likeness (QED) is 0.827. The van der Waals surface area contributed by atoms with Crippen LogP contribution in [-0.4, -0.2) is 77.6 Å². The molecule has 1 N–H and O–H groups in total. The number of hydrogen-bond donors (Lipinski definition) is 1. The highest BCUT2D eigenvalue weighted by molar-refractivity contribution is 5.94. The van der Waals surface area contributed by atoms with Crippen LogP contribution in [0.2, 0.25) is 0 Å². The predicted molar refractivity (Wildman–Crippen MR) is 106 cm³/mol. The Kier molecular flexibility index (Phi) is 5.80. The predicted octanol–water partition coefficient (Wildman–Crippen LogP) is 1.37. The topological polar surface area (TPSA) is 77.0 Å². The highest BCUT2D eigenvalue weighted by Crippen LogP contribution is 2.24. The smallest absolute Gasteiger partial charge is 0.255 e. The van der Waals surface area contributed by atoms with Crippen LogP contribution in [0.15, 0.2) is 18.3 Å². The Bertz CT molecular complexity index is 700. The van der Waals surface area contributed by atoms with Crippen molar-refractivity contribution in [3.63, 3.8) is 0 Å². The van der Waals surface area contributed by atoms with E-state index >= 15 is 0 Å². The van der Waals surface area contributed by atoms with Crippen LogP contribution in [0.1, 0.15) is 42.5 Å². The van der Waals surface area contributed by atoms with E-state index in [4.69, 9.17) is 0 Å². The summed E-state index contributed by atoms with van der Waals surface area (Å²) < 4.78 is 0. The standard InChI is InChI=1S/C21H30N4O3/c26-15-17-7-11-24(14-17)19-4-3-18(12-22-19)21(28)23-9-5-16(6-10-23)13-25-8-1-2-20(25)27/h3-4,12,16-17,26H,1-2,5-11,13-15H2. The van der Waals surface area contributed by atoms with Gasteiger partial charge in [0.15, 0.2) is 0 Å². The lowest BCUT2D eigenvalue weighted by Gasteiger charge is -2.34. The van der Waals surface area contributed by atoms with Gasteiger partial charge in [0.1, 0.15) is 5.82 Å². The number of amides is 2. The molecular formula is C21H30N4O3. The normalized spacial score (nSPS) is 23.7. The maximum absolute atomic E-state index is 12.8. The first-order valence-electron chi connectivity index (χ1n) is 10.5. The summed E-state index contributed by atoms with van der Waals surface area (Å²) in [5, 5.41) is 9.29. The van der Waals surface area contributed by atoms with Crippen molar-refractivity contribution in [1.82, 2.24) is 14.8 Å². The molecule has 3 aliphatic rings. The summed E-state index contributed by atoms with van der Waals surface area (Å²) in [6, 6.07) is 3.78. The molecule has 0 bridgehead atoms. The number of pyridine rings is 1. The summed E-state index contributed by atoms with van der Waals surface area (Å²) in [5.74, 6) is 2.03. The molecule has 3 saturated heterocycles. The summed E-state index contributed by atoms with van der Waals surface area (Å²) in [6.45, 7) is 5.18. The number of hydrogen-bond acceptors (Lipinski definition) is 5. The molecule has 152 valence electrons. The number of aromatic nitrogens is 1. The Morgan fingerprint density at radius 1 is 1.11 bits per heavy atom. The molecule has 3 aliphatic heterocycles. The van der Waals surface area contributed by atoms with Crippen molar-refractivity contribution in [3.05, 3.63) is 23.9 Å². The molecule has 0 spiro atoms. The van der Waals surface area contributed by atoms with Crippen molar-refractivity contribution in [2.75, 3.05) is 50.8 Å². The molecule has 2 amide bonds. The number of rotatable bonds is 5. The maximum Gasteiger partial charge on any atom is 0.255 e. The number of piperidine rings is 1. The van der Waals surface area contributed by atoms with E-state index < -0.39 is 0 Å². The Morgan fingerprint density at radius 3 is 2.50 bits per heavy atom. The van der Waals surface area contributed by atoms with Crippen molar-refractivity contribution in [1.29, 1.82) is 0 Å². The third-order valence-electron chi connectivity index (χ3n) is 6.41. The van der Waals surface area contributed by atoms with Crippen LogP contribution in [0, 0.1) is 11.8 Å². The fraction of sp³-hybridized carbons (Fsp3) is 0.667. The van der Waals surface area contributed by atoms with Crippen LogP contribution in [0.5, 0.6) is 0 Å². The van der Waals surface area contributed by atoms with Gasteiger partial charge in [-0.25, -0.2) is 4.98 Å². The van der Waals surface area contributed by atoms with E-state index in [1.165, 1.54) is 0 Å². The average molecular weight is 386 g/mol. The van der Waals surface area contributed by atoms with Gasteiger partial charge in [-0.3, -0.25) is 9.59 Å². The van der Waals surface area contributed by atoms with Gasteiger partial charge in [-0.05, 0) is 43.7 Å². The van der Waals surface area contributed by atoms with Crippen molar-refractivity contribution >= 4 is 17.6 Å². The van der Waals surface area contributed by atoms with Gasteiger partial charge in [0, 0.05) is 64.4 Å². The first-order valence-corrected chi connectivity index (χ1v) is 10.5. The van der Waals surface area contributed by atoms with E-state index in [0.717, 1.165) is 70.8 Å². The molecule has 0 saturated carbocycles. The molecule has 4 rings (SSSR count). The van der Waals surface area contributed by atoms with Crippen LogP contribution >= 0.6 is 0 Å². The van der Waals surface area contributed by atoms with Gasteiger partial charge in [-0.1, -0.05) is 0 Å². The van der Waals surface area contributed by atoms with E-state index in [-0.39, 0.29) is 18.4 Å². The van der Waals surface area contributed by atoms with Gasteiger partial charge >= 0.3 is 0 Å². The van der Waals surface area contributed by atoms with Crippen molar-refractivity contribution < 1.29 is 14.7 Å². The summed E-state index contributed by atoms with van der Waals surface area (Å²) in [4.78, 5) is 35.2. The number of anilines is 1. The molecule has 0 aromatic carbocycles. The van der Waals surface area contributed by atoms with Crippen LogP contribution < -0.4 is 4.90 Å². The molecule has 1 aromatic heterocycles. The molecule has 4 heterocycles. The minimum atomic E-state index is 0.0457. The van der Waals surface area contributed by atoms with Crippen LogP contribution in [0.4, 0.5) is 5.82 Å². The molecule has 7 nitrogen and oxygen atoms in total. The van der Waals surface area contributed by atoms with Gasteiger partial charge in [0.05, 0.1) is 5.56 Å². The van der Waals surface area contributed by atoms with Gasteiger partial charge in [-0.15, -0.1) is 0 Å². The number of carbonyl (C=O) groups excluding carboxylic acids is 2. The van der Waals surface area contributed by atoms with E-state index in [1.807, 2.05) is 21.9 Å². The van der Waals surface area contributed by atoms with Gasteiger partial charge < -0.3 is 19.8 Å². The van der Waals surface area contributed by atoms with Crippen molar-refractivity contribution in [2.45, 2.75) is 32.1 Å². The molecule has 7 heteroatoms. The monoisotopic (exact) mass is 386 g/mol. The molecule has 28 heavy (non-hydrogen) atoms. The summed E-state index contributed by atoms with van der Waals surface area (Å²) in [6.07, 6.45) is 6.25. The number of carbonyl (C=O) groups is 2. The maximum atomic E-state index is 12.8. The fourth-order valence-electron chi connectivity index (χ4n) is 4.60. The van der Waals surface area contributed by atoms with Crippen LogP contribution in [0.25, 0.3) is 0 Å².